The molecule has 0 spiro atoms. The maximum Gasteiger partial charge on any atom is 0.317 e. The molecule has 122 valence electrons. The van der Waals surface area contributed by atoms with Crippen LogP contribution in [0.3, 0.4) is 0 Å². The molecule has 0 radical (unpaired) electrons. The Bertz CT molecular complexity index is 514. The molecular formula is C16H26N4O2. The standard InChI is InChI=1S/C16H26N4O2/c1-11-14(19-22-15(11)17)12-7-9-20(10-8-12)16(21)18-13-5-3-2-4-6-13/h12-13H,2-10,17H2,1H3,(H,18,21). The molecule has 6 nitrogen and oxygen atoms in total. The van der Waals surface area contributed by atoms with Crippen molar-refractivity contribution in [3.8, 4) is 0 Å². The smallest absolute Gasteiger partial charge is 0.317 e. The molecule has 1 aromatic rings. The number of carbonyl (C=O) groups excluding carboxylic acids is 1. The van der Waals surface area contributed by atoms with Crippen molar-refractivity contribution in [2.45, 2.75) is 63.8 Å². The van der Waals surface area contributed by atoms with Gasteiger partial charge in [-0.3, -0.25) is 0 Å². The van der Waals surface area contributed by atoms with Crippen molar-refractivity contribution < 1.29 is 9.32 Å². The van der Waals surface area contributed by atoms with Crippen LogP contribution in [0.2, 0.25) is 0 Å². The quantitative estimate of drug-likeness (QED) is 0.880. The average Bonchev–Trinajstić information content (AvgIpc) is 2.88. The Hall–Kier alpha value is -1.72. The van der Waals surface area contributed by atoms with Crippen LogP contribution in [0, 0.1) is 6.92 Å². The Labute approximate surface area is 131 Å². The first-order chi connectivity index (χ1) is 10.6. The van der Waals surface area contributed by atoms with E-state index in [4.69, 9.17) is 10.3 Å². The first-order valence-corrected chi connectivity index (χ1v) is 8.42. The number of urea groups is 1. The molecule has 1 saturated carbocycles. The number of hydrogen-bond donors (Lipinski definition) is 2. The zero-order chi connectivity index (χ0) is 15.5. The third-order valence-corrected chi connectivity index (χ3v) is 5.10. The topological polar surface area (TPSA) is 84.4 Å². The molecular weight excluding hydrogens is 280 g/mol. The van der Waals surface area contributed by atoms with E-state index in [0.717, 1.165) is 50.0 Å². The van der Waals surface area contributed by atoms with Gasteiger partial charge in [-0.1, -0.05) is 24.4 Å². The molecule has 0 bridgehead atoms. The van der Waals surface area contributed by atoms with Crippen molar-refractivity contribution >= 4 is 11.9 Å². The largest absolute Gasteiger partial charge is 0.367 e. The highest BCUT2D eigenvalue weighted by molar-refractivity contribution is 5.74. The summed E-state index contributed by atoms with van der Waals surface area (Å²) in [6.45, 7) is 3.49. The highest BCUT2D eigenvalue weighted by Crippen LogP contribution is 2.31. The summed E-state index contributed by atoms with van der Waals surface area (Å²) in [5, 5.41) is 7.27. The average molecular weight is 306 g/mol. The molecule has 3 N–H and O–H groups in total. The molecule has 1 aliphatic heterocycles. The second-order valence-corrected chi connectivity index (χ2v) is 6.60. The normalized spacial score (nSPS) is 21.0. The molecule has 0 atom stereocenters. The van der Waals surface area contributed by atoms with Gasteiger partial charge >= 0.3 is 6.03 Å². The lowest BCUT2D eigenvalue weighted by molar-refractivity contribution is 0.173. The number of nitrogens with two attached hydrogens (primary N) is 1. The lowest BCUT2D eigenvalue weighted by atomic mass is 9.91. The van der Waals surface area contributed by atoms with Gasteiger partial charge in [-0.05, 0) is 32.6 Å². The lowest BCUT2D eigenvalue weighted by Crippen LogP contribution is -2.48. The number of anilines is 1. The van der Waals surface area contributed by atoms with E-state index < -0.39 is 0 Å². The zero-order valence-electron chi connectivity index (χ0n) is 13.3. The Kier molecular flexibility index (Phi) is 4.55. The summed E-state index contributed by atoms with van der Waals surface area (Å²) in [5.41, 5.74) is 7.64. The maximum absolute atomic E-state index is 12.3. The first kappa shape index (κ1) is 15.2. The van der Waals surface area contributed by atoms with Gasteiger partial charge in [0.25, 0.3) is 0 Å². The van der Waals surface area contributed by atoms with Crippen LogP contribution in [0.15, 0.2) is 4.52 Å². The Balaban J connectivity index is 1.50. The number of nitrogens with zero attached hydrogens (tertiary/aromatic N) is 2. The number of likely N-dealkylation sites (tertiary alicyclic amines) is 1. The predicted octanol–water partition coefficient (Wildman–Crippen LogP) is 2.79. The number of carbonyl (C=O) groups is 1. The minimum Gasteiger partial charge on any atom is -0.367 e. The fourth-order valence-corrected chi connectivity index (χ4v) is 3.61. The van der Waals surface area contributed by atoms with E-state index in [1.807, 2.05) is 11.8 Å². The van der Waals surface area contributed by atoms with E-state index in [-0.39, 0.29) is 6.03 Å². The molecule has 0 aromatic carbocycles. The minimum atomic E-state index is 0.0988. The molecule has 2 aliphatic rings. The van der Waals surface area contributed by atoms with Gasteiger partial charge in [-0.25, -0.2) is 4.79 Å². The van der Waals surface area contributed by atoms with Gasteiger partial charge in [0.1, 0.15) is 0 Å². The third kappa shape index (κ3) is 3.20. The van der Waals surface area contributed by atoms with Crippen molar-refractivity contribution in [1.82, 2.24) is 15.4 Å². The van der Waals surface area contributed by atoms with Gasteiger partial charge in [-0.15, -0.1) is 0 Å². The summed E-state index contributed by atoms with van der Waals surface area (Å²) in [6.07, 6.45) is 7.87. The van der Waals surface area contributed by atoms with Crippen LogP contribution in [0.1, 0.15) is 62.1 Å². The minimum absolute atomic E-state index is 0.0988. The van der Waals surface area contributed by atoms with Crippen LogP contribution in [-0.4, -0.2) is 35.2 Å². The molecule has 6 heteroatoms. The van der Waals surface area contributed by atoms with Crippen LogP contribution < -0.4 is 11.1 Å². The van der Waals surface area contributed by atoms with Crippen molar-refractivity contribution in [1.29, 1.82) is 0 Å². The fraction of sp³-hybridized carbons (Fsp3) is 0.750. The zero-order valence-corrected chi connectivity index (χ0v) is 13.3. The molecule has 2 amide bonds. The summed E-state index contributed by atoms with van der Waals surface area (Å²) in [6, 6.07) is 0.471. The number of amides is 2. The van der Waals surface area contributed by atoms with Gasteiger partial charge in [0.15, 0.2) is 0 Å². The molecule has 2 heterocycles. The Morgan fingerprint density at radius 1 is 1.23 bits per heavy atom. The number of rotatable bonds is 2. The van der Waals surface area contributed by atoms with Crippen LogP contribution in [0.4, 0.5) is 10.7 Å². The molecule has 1 saturated heterocycles. The van der Waals surface area contributed by atoms with Crippen LogP contribution in [0.25, 0.3) is 0 Å². The summed E-state index contributed by atoms with van der Waals surface area (Å²) in [5.74, 6) is 0.757. The number of nitrogen functional groups attached to an aromatic ring is 1. The SMILES string of the molecule is Cc1c(C2CCN(C(=O)NC3CCCCC3)CC2)noc1N. The van der Waals surface area contributed by atoms with Gasteiger partial charge in [0, 0.05) is 30.6 Å². The highest BCUT2D eigenvalue weighted by atomic mass is 16.5. The van der Waals surface area contributed by atoms with Crippen molar-refractivity contribution in [3.05, 3.63) is 11.3 Å². The number of nitrogens with one attached hydrogen (secondary N) is 1. The van der Waals surface area contributed by atoms with Gasteiger partial charge < -0.3 is 20.5 Å². The predicted molar refractivity (Wildman–Crippen MR) is 84.6 cm³/mol. The molecule has 1 aromatic heterocycles. The monoisotopic (exact) mass is 306 g/mol. The van der Waals surface area contributed by atoms with Crippen molar-refractivity contribution in [2.75, 3.05) is 18.8 Å². The van der Waals surface area contributed by atoms with Crippen LogP contribution in [-0.2, 0) is 0 Å². The van der Waals surface area contributed by atoms with Gasteiger partial charge in [0.05, 0.1) is 5.69 Å². The van der Waals surface area contributed by atoms with Gasteiger partial charge in [-0.2, -0.15) is 0 Å². The second kappa shape index (κ2) is 6.58. The summed E-state index contributed by atoms with van der Waals surface area (Å²) in [4.78, 5) is 14.3. The molecule has 0 unspecified atom stereocenters. The number of hydrogen-bond acceptors (Lipinski definition) is 4. The Morgan fingerprint density at radius 3 is 2.50 bits per heavy atom. The van der Waals surface area contributed by atoms with Crippen LogP contribution >= 0.6 is 0 Å². The fourth-order valence-electron chi connectivity index (χ4n) is 3.61. The molecule has 1 aliphatic carbocycles. The van der Waals surface area contributed by atoms with E-state index in [1.54, 1.807) is 0 Å². The van der Waals surface area contributed by atoms with Gasteiger partial charge in [0.2, 0.25) is 5.88 Å². The van der Waals surface area contributed by atoms with Crippen molar-refractivity contribution in [2.24, 2.45) is 0 Å². The summed E-state index contributed by atoms with van der Waals surface area (Å²) >= 11 is 0. The van der Waals surface area contributed by atoms with E-state index in [0.29, 0.717) is 17.8 Å². The van der Waals surface area contributed by atoms with E-state index in [9.17, 15) is 4.79 Å². The molecule has 2 fully saturated rings. The number of aromatic nitrogens is 1. The first-order valence-electron chi connectivity index (χ1n) is 8.42. The van der Waals surface area contributed by atoms with Crippen LogP contribution in [0.5, 0.6) is 0 Å². The summed E-state index contributed by atoms with van der Waals surface area (Å²) in [7, 11) is 0. The second-order valence-electron chi connectivity index (χ2n) is 6.60. The van der Waals surface area contributed by atoms with E-state index >= 15 is 0 Å². The Morgan fingerprint density at radius 2 is 1.91 bits per heavy atom. The van der Waals surface area contributed by atoms with Crippen molar-refractivity contribution in [3.63, 3.8) is 0 Å². The third-order valence-electron chi connectivity index (χ3n) is 5.10. The molecule has 3 rings (SSSR count). The molecule has 22 heavy (non-hydrogen) atoms. The maximum atomic E-state index is 12.3. The lowest BCUT2D eigenvalue weighted by Gasteiger charge is -2.33. The number of piperidine rings is 1. The van der Waals surface area contributed by atoms with E-state index in [2.05, 4.69) is 10.5 Å². The summed E-state index contributed by atoms with van der Waals surface area (Å²) < 4.78 is 5.06. The van der Waals surface area contributed by atoms with E-state index in [1.165, 1.54) is 19.3 Å². The highest BCUT2D eigenvalue weighted by Gasteiger charge is 2.28.